The number of alkyl halides is 1. The largest absolute Gasteiger partial charge is 0.205 e. The standard InChI is InChI=1S/C16H15Cl2F/c1-11(15(18)12-6-3-2-4-7-12)10-13-8-5-9-14(17)16(13)19/h2-9,11,15H,10H2,1H3. The Hall–Kier alpha value is -1.05. The Kier molecular flexibility index (Phi) is 4.84. The molecule has 19 heavy (non-hydrogen) atoms. The Balaban J connectivity index is 2.13. The molecule has 0 fully saturated rings. The van der Waals surface area contributed by atoms with Crippen molar-refractivity contribution in [2.24, 2.45) is 5.92 Å². The third-order valence-corrected chi connectivity index (χ3v) is 4.17. The summed E-state index contributed by atoms with van der Waals surface area (Å²) >= 11 is 12.2. The topological polar surface area (TPSA) is 0 Å². The zero-order chi connectivity index (χ0) is 13.8. The van der Waals surface area contributed by atoms with Crippen molar-refractivity contribution < 1.29 is 4.39 Å². The summed E-state index contributed by atoms with van der Waals surface area (Å²) < 4.78 is 13.9. The molecule has 100 valence electrons. The van der Waals surface area contributed by atoms with Gasteiger partial charge in [0.05, 0.1) is 10.4 Å². The monoisotopic (exact) mass is 296 g/mol. The van der Waals surface area contributed by atoms with Crippen LogP contribution in [0.4, 0.5) is 4.39 Å². The molecule has 2 aromatic rings. The second-order valence-electron chi connectivity index (χ2n) is 4.71. The van der Waals surface area contributed by atoms with Gasteiger partial charge in [0.1, 0.15) is 5.82 Å². The van der Waals surface area contributed by atoms with E-state index in [1.165, 1.54) is 0 Å². The van der Waals surface area contributed by atoms with Gasteiger partial charge in [-0.3, -0.25) is 0 Å². The average molecular weight is 297 g/mol. The van der Waals surface area contributed by atoms with E-state index >= 15 is 0 Å². The maximum atomic E-state index is 13.9. The molecular weight excluding hydrogens is 282 g/mol. The Bertz CT molecular complexity index is 540. The molecule has 3 heteroatoms. The molecular formula is C16H15Cl2F. The van der Waals surface area contributed by atoms with Crippen molar-refractivity contribution in [2.75, 3.05) is 0 Å². The molecule has 0 bridgehead atoms. The number of hydrogen-bond donors (Lipinski definition) is 0. The van der Waals surface area contributed by atoms with Crippen molar-refractivity contribution in [3.63, 3.8) is 0 Å². The van der Waals surface area contributed by atoms with E-state index in [9.17, 15) is 4.39 Å². The molecule has 0 aliphatic heterocycles. The molecule has 0 spiro atoms. The van der Waals surface area contributed by atoms with Gasteiger partial charge in [-0.05, 0) is 29.5 Å². The first-order valence-corrected chi connectivity index (χ1v) is 7.03. The highest BCUT2D eigenvalue weighted by atomic mass is 35.5. The van der Waals surface area contributed by atoms with Crippen LogP contribution in [0, 0.1) is 11.7 Å². The Morgan fingerprint density at radius 3 is 2.42 bits per heavy atom. The van der Waals surface area contributed by atoms with E-state index in [0.717, 1.165) is 5.56 Å². The van der Waals surface area contributed by atoms with E-state index in [0.29, 0.717) is 12.0 Å². The van der Waals surface area contributed by atoms with Gasteiger partial charge in [0, 0.05) is 0 Å². The van der Waals surface area contributed by atoms with Gasteiger partial charge < -0.3 is 0 Å². The summed E-state index contributed by atoms with van der Waals surface area (Å²) in [5, 5.41) is 0.0233. The van der Waals surface area contributed by atoms with Crippen LogP contribution in [0.5, 0.6) is 0 Å². The quantitative estimate of drug-likeness (QED) is 0.641. The predicted octanol–water partition coefficient (Wildman–Crippen LogP) is 5.64. The normalized spacial score (nSPS) is 14.1. The molecule has 0 amide bonds. The van der Waals surface area contributed by atoms with E-state index in [4.69, 9.17) is 23.2 Å². The number of rotatable bonds is 4. The summed E-state index contributed by atoms with van der Waals surface area (Å²) in [6.07, 6.45) is 0.565. The number of benzene rings is 2. The van der Waals surface area contributed by atoms with Gasteiger partial charge in [-0.15, -0.1) is 11.6 Å². The van der Waals surface area contributed by atoms with Crippen LogP contribution < -0.4 is 0 Å². The first kappa shape index (κ1) is 14.4. The van der Waals surface area contributed by atoms with Crippen LogP contribution in [0.3, 0.4) is 0 Å². The first-order valence-electron chi connectivity index (χ1n) is 6.21. The number of hydrogen-bond acceptors (Lipinski definition) is 0. The third-order valence-electron chi connectivity index (χ3n) is 3.19. The lowest BCUT2D eigenvalue weighted by Crippen LogP contribution is -2.08. The van der Waals surface area contributed by atoms with Crippen LogP contribution in [0.1, 0.15) is 23.4 Å². The van der Waals surface area contributed by atoms with E-state index < -0.39 is 0 Å². The molecule has 0 saturated carbocycles. The molecule has 0 saturated heterocycles. The summed E-state index contributed by atoms with van der Waals surface area (Å²) in [4.78, 5) is 0. The van der Waals surface area contributed by atoms with Crippen molar-refractivity contribution in [3.8, 4) is 0 Å². The summed E-state index contributed by atoms with van der Waals surface area (Å²) in [6, 6.07) is 14.9. The van der Waals surface area contributed by atoms with Crippen LogP contribution in [0.25, 0.3) is 0 Å². The molecule has 0 nitrogen and oxygen atoms in total. The zero-order valence-electron chi connectivity index (χ0n) is 10.6. The van der Waals surface area contributed by atoms with E-state index in [2.05, 4.69) is 0 Å². The smallest absolute Gasteiger partial charge is 0.144 e. The summed E-state index contributed by atoms with van der Waals surface area (Å²) in [7, 11) is 0. The van der Waals surface area contributed by atoms with Gasteiger partial charge in [0.25, 0.3) is 0 Å². The molecule has 2 rings (SSSR count). The highest BCUT2D eigenvalue weighted by Gasteiger charge is 2.18. The summed E-state index contributed by atoms with van der Waals surface area (Å²) in [6.45, 7) is 2.02. The van der Waals surface area contributed by atoms with E-state index in [1.807, 2.05) is 37.3 Å². The number of halogens is 3. The van der Waals surface area contributed by atoms with Gasteiger partial charge in [-0.25, -0.2) is 4.39 Å². The minimum atomic E-state index is -0.340. The Morgan fingerprint density at radius 2 is 1.74 bits per heavy atom. The fourth-order valence-corrected chi connectivity index (χ4v) is 2.55. The lowest BCUT2D eigenvalue weighted by molar-refractivity contribution is 0.530. The maximum absolute atomic E-state index is 13.9. The van der Waals surface area contributed by atoms with Gasteiger partial charge in [-0.2, -0.15) is 0 Å². The first-order chi connectivity index (χ1) is 9.09. The average Bonchev–Trinajstić information content (AvgIpc) is 2.44. The molecule has 2 unspecified atom stereocenters. The van der Waals surface area contributed by atoms with Crippen molar-refractivity contribution in [1.29, 1.82) is 0 Å². The summed E-state index contributed by atoms with van der Waals surface area (Å²) in [5.41, 5.74) is 1.67. The fraction of sp³-hybridized carbons (Fsp3) is 0.250. The van der Waals surface area contributed by atoms with Crippen LogP contribution in [-0.4, -0.2) is 0 Å². The molecule has 0 aliphatic carbocycles. The minimum absolute atomic E-state index is 0.122. The van der Waals surface area contributed by atoms with Crippen LogP contribution in [0.2, 0.25) is 5.02 Å². The molecule has 0 N–H and O–H groups in total. The lowest BCUT2D eigenvalue weighted by Gasteiger charge is -2.19. The third kappa shape index (κ3) is 3.49. The van der Waals surface area contributed by atoms with Crippen LogP contribution in [0.15, 0.2) is 48.5 Å². The van der Waals surface area contributed by atoms with Crippen molar-refractivity contribution in [3.05, 3.63) is 70.5 Å². The van der Waals surface area contributed by atoms with Gasteiger partial charge in [0.15, 0.2) is 0 Å². The van der Waals surface area contributed by atoms with Gasteiger partial charge in [-0.1, -0.05) is 61.0 Å². The van der Waals surface area contributed by atoms with E-state index in [1.54, 1.807) is 18.2 Å². The SMILES string of the molecule is CC(Cc1cccc(Cl)c1F)C(Cl)c1ccccc1. The lowest BCUT2D eigenvalue weighted by atomic mass is 9.93. The molecule has 0 aromatic heterocycles. The molecule has 0 radical (unpaired) electrons. The Morgan fingerprint density at radius 1 is 1.05 bits per heavy atom. The van der Waals surface area contributed by atoms with Gasteiger partial charge in [0.2, 0.25) is 0 Å². The van der Waals surface area contributed by atoms with Gasteiger partial charge >= 0.3 is 0 Å². The molecule has 0 aliphatic rings. The van der Waals surface area contributed by atoms with Crippen LogP contribution >= 0.6 is 23.2 Å². The maximum Gasteiger partial charge on any atom is 0.144 e. The molecule has 2 atom stereocenters. The fourth-order valence-electron chi connectivity index (χ4n) is 2.12. The van der Waals surface area contributed by atoms with Crippen molar-refractivity contribution >= 4 is 23.2 Å². The summed E-state index contributed by atoms with van der Waals surface area (Å²) in [5.74, 6) is -0.218. The molecule has 0 heterocycles. The Labute approximate surface area is 123 Å². The zero-order valence-corrected chi connectivity index (χ0v) is 12.1. The van der Waals surface area contributed by atoms with Crippen molar-refractivity contribution in [2.45, 2.75) is 18.7 Å². The second kappa shape index (κ2) is 6.40. The highest BCUT2D eigenvalue weighted by Crippen LogP contribution is 2.32. The molecule has 2 aromatic carbocycles. The van der Waals surface area contributed by atoms with Crippen molar-refractivity contribution in [1.82, 2.24) is 0 Å². The minimum Gasteiger partial charge on any atom is -0.205 e. The predicted molar refractivity (Wildman–Crippen MR) is 79.3 cm³/mol. The highest BCUT2D eigenvalue weighted by molar-refractivity contribution is 6.30. The van der Waals surface area contributed by atoms with Crippen LogP contribution in [-0.2, 0) is 6.42 Å². The van der Waals surface area contributed by atoms with E-state index in [-0.39, 0.29) is 22.1 Å². The second-order valence-corrected chi connectivity index (χ2v) is 5.58.